The van der Waals surface area contributed by atoms with Gasteiger partial charge in [-0.05, 0) is 54.7 Å². The number of aryl methyl sites for hydroxylation is 1. The number of benzene rings is 2. The molecular weight excluding hydrogens is 354 g/mol. The van der Waals surface area contributed by atoms with Gasteiger partial charge in [-0.3, -0.25) is 4.79 Å². The van der Waals surface area contributed by atoms with Crippen LogP contribution in [0.25, 0.3) is 6.08 Å². The molecule has 2 aromatic rings. The van der Waals surface area contributed by atoms with E-state index >= 15 is 0 Å². The van der Waals surface area contributed by atoms with E-state index < -0.39 is 0 Å². The van der Waals surface area contributed by atoms with E-state index in [1.165, 1.54) is 0 Å². The highest BCUT2D eigenvalue weighted by molar-refractivity contribution is 7.80. The first-order valence-electron chi connectivity index (χ1n) is 9.11. The van der Waals surface area contributed by atoms with Crippen molar-refractivity contribution in [1.82, 2.24) is 10.6 Å². The van der Waals surface area contributed by atoms with Gasteiger partial charge in [0.1, 0.15) is 6.17 Å². The summed E-state index contributed by atoms with van der Waals surface area (Å²) in [5.41, 5.74) is 3.04. The summed E-state index contributed by atoms with van der Waals surface area (Å²) in [5, 5.41) is 9.88. The van der Waals surface area contributed by atoms with E-state index in [1.807, 2.05) is 61.5 Å². The zero-order valence-corrected chi connectivity index (χ0v) is 16.8. The van der Waals surface area contributed by atoms with Crippen LogP contribution in [0.3, 0.4) is 0 Å². The molecule has 27 heavy (non-hydrogen) atoms. The Balaban J connectivity index is 1.95. The highest BCUT2D eigenvalue weighted by atomic mass is 32.1. The summed E-state index contributed by atoms with van der Waals surface area (Å²) < 4.78 is 0. The third-order valence-electron chi connectivity index (χ3n) is 3.95. The maximum absolute atomic E-state index is 12.3. The lowest BCUT2D eigenvalue weighted by atomic mass is 10.1. The Morgan fingerprint density at radius 2 is 1.70 bits per heavy atom. The highest BCUT2D eigenvalue weighted by Crippen LogP contribution is 2.13. The van der Waals surface area contributed by atoms with E-state index in [2.05, 4.69) is 29.8 Å². The average Bonchev–Trinajstić information content (AvgIpc) is 2.62. The SMILES string of the molecule is Cc1ccccc1NC(=S)NC(CC(C)C)NC(=O)/C=C/c1ccccc1. The topological polar surface area (TPSA) is 53.2 Å². The fourth-order valence-corrected chi connectivity index (χ4v) is 2.86. The number of amides is 1. The Morgan fingerprint density at radius 3 is 2.37 bits per heavy atom. The minimum absolute atomic E-state index is 0.157. The second-order valence-corrected chi connectivity index (χ2v) is 7.26. The van der Waals surface area contributed by atoms with E-state index in [-0.39, 0.29) is 12.1 Å². The largest absolute Gasteiger partial charge is 0.342 e. The molecule has 0 heterocycles. The van der Waals surface area contributed by atoms with Crippen molar-refractivity contribution in [2.45, 2.75) is 33.4 Å². The molecule has 0 aromatic heterocycles. The minimum Gasteiger partial charge on any atom is -0.342 e. The molecule has 4 nitrogen and oxygen atoms in total. The van der Waals surface area contributed by atoms with Crippen LogP contribution in [0.4, 0.5) is 5.69 Å². The lowest BCUT2D eigenvalue weighted by molar-refractivity contribution is -0.117. The van der Waals surface area contributed by atoms with Gasteiger partial charge < -0.3 is 16.0 Å². The molecule has 1 amide bonds. The molecule has 0 fully saturated rings. The predicted molar refractivity (Wildman–Crippen MR) is 117 cm³/mol. The van der Waals surface area contributed by atoms with Gasteiger partial charge in [-0.2, -0.15) is 0 Å². The molecule has 0 aliphatic rings. The molecule has 2 aromatic carbocycles. The van der Waals surface area contributed by atoms with Crippen LogP contribution in [0.5, 0.6) is 0 Å². The van der Waals surface area contributed by atoms with Gasteiger partial charge in [-0.1, -0.05) is 62.4 Å². The molecule has 142 valence electrons. The van der Waals surface area contributed by atoms with E-state index in [1.54, 1.807) is 12.2 Å². The Labute approximate surface area is 167 Å². The molecule has 0 radical (unpaired) electrons. The molecule has 2 rings (SSSR count). The molecule has 1 atom stereocenters. The fourth-order valence-electron chi connectivity index (χ4n) is 2.61. The molecular formula is C22H27N3OS. The Morgan fingerprint density at radius 1 is 1.04 bits per heavy atom. The van der Waals surface area contributed by atoms with Gasteiger partial charge in [0.25, 0.3) is 0 Å². The van der Waals surface area contributed by atoms with E-state index in [4.69, 9.17) is 12.2 Å². The zero-order chi connectivity index (χ0) is 19.6. The van der Waals surface area contributed by atoms with Crippen molar-refractivity contribution in [1.29, 1.82) is 0 Å². The van der Waals surface area contributed by atoms with Gasteiger partial charge in [0, 0.05) is 11.8 Å². The quantitative estimate of drug-likeness (QED) is 0.376. The number of hydrogen-bond acceptors (Lipinski definition) is 2. The number of hydrogen-bond donors (Lipinski definition) is 3. The lowest BCUT2D eigenvalue weighted by Crippen LogP contribution is -2.49. The van der Waals surface area contributed by atoms with Crippen molar-refractivity contribution in [3.63, 3.8) is 0 Å². The van der Waals surface area contributed by atoms with Gasteiger partial charge in [-0.15, -0.1) is 0 Å². The first kappa shape index (κ1) is 20.6. The van der Waals surface area contributed by atoms with Crippen LogP contribution < -0.4 is 16.0 Å². The molecule has 0 saturated carbocycles. The van der Waals surface area contributed by atoms with Crippen LogP contribution in [0, 0.1) is 12.8 Å². The first-order valence-corrected chi connectivity index (χ1v) is 9.51. The molecule has 5 heteroatoms. The number of nitrogens with one attached hydrogen (secondary N) is 3. The van der Waals surface area contributed by atoms with Crippen molar-refractivity contribution >= 4 is 35.0 Å². The standard InChI is InChI=1S/C22H27N3OS/c1-16(2)15-20(24-21(26)14-13-18-10-5-4-6-11-18)25-22(27)23-19-12-8-7-9-17(19)3/h4-14,16,20H,15H2,1-3H3,(H,24,26)(H2,23,25,27)/b14-13+. The summed E-state index contributed by atoms with van der Waals surface area (Å²) in [7, 11) is 0. The first-order chi connectivity index (χ1) is 12.9. The van der Waals surface area contributed by atoms with Gasteiger partial charge in [0.2, 0.25) is 5.91 Å². The smallest absolute Gasteiger partial charge is 0.245 e. The summed E-state index contributed by atoms with van der Waals surface area (Å²) in [6, 6.07) is 17.7. The second kappa shape index (κ2) is 10.5. The summed E-state index contributed by atoms with van der Waals surface area (Å²) >= 11 is 5.43. The van der Waals surface area contributed by atoms with Crippen LogP contribution in [0.15, 0.2) is 60.7 Å². The van der Waals surface area contributed by atoms with Crippen molar-refractivity contribution in [2.75, 3.05) is 5.32 Å². The summed E-state index contributed by atoms with van der Waals surface area (Å²) in [5.74, 6) is 0.248. The van der Waals surface area contributed by atoms with E-state index in [9.17, 15) is 4.79 Å². The van der Waals surface area contributed by atoms with Crippen LogP contribution in [0.1, 0.15) is 31.4 Å². The Kier molecular flexibility index (Phi) is 8.01. The maximum Gasteiger partial charge on any atom is 0.245 e. The molecule has 0 aliphatic carbocycles. The molecule has 0 aliphatic heterocycles. The lowest BCUT2D eigenvalue weighted by Gasteiger charge is -2.23. The normalized spacial score (nSPS) is 12.0. The number of para-hydroxylation sites is 1. The highest BCUT2D eigenvalue weighted by Gasteiger charge is 2.14. The summed E-state index contributed by atoms with van der Waals surface area (Å²) in [6.45, 7) is 6.24. The van der Waals surface area contributed by atoms with Crippen molar-refractivity contribution in [3.8, 4) is 0 Å². The molecule has 0 bridgehead atoms. The zero-order valence-electron chi connectivity index (χ0n) is 16.0. The number of rotatable bonds is 7. The summed E-state index contributed by atoms with van der Waals surface area (Å²) in [6.07, 6.45) is 3.86. The minimum atomic E-state index is -0.248. The van der Waals surface area contributed by atoms with Crippen molar-refractivity contribution < 1.29 is 4.79 Å². The van der Waals surface area contributed by atoms with Gasteiger partial charge in [-0.25, -0.2) is 0 Å². The number of carbonyl (C=O) groups excluding carboxylic acids is 1. The molecule has 0 saturated heterocycles. The summed E-state index contributed by atoms with van der Waals surface area (Å²) in [4.78, 5) is 12.3. The third-order valence-corrected chi connectivity index (χ3v) is 4.17. The van der Waals surface area contributed by atoms with Gasteiger partial charge in [0.15, 0.2) is 5.11 Å². The van der Waals surface area contributed by atoms with E-state index in [0.29, 0.717) is 11.0 Å². The Hall–Kier alpha value is -2.66. The Bertz CT molecular complexity index is 787. The monoisotopic (exact) mass is 381 g/mol. The van der Waals surface area contributed by atoms with E-state index in [0.717, 1.165) is 23.2 Å². The van der Waals surface area contributed by atoms with Crippen molar-refractivity contribution in [2.24, 2.45) is 5.92 Å². The second-order valence-electron chi connectivity index (χ2n) is 6.85. The van der Waals surface area contributed by atoms with Crippen LogP contribution >= 0.6 is 12.2 Å². The van der Waals surface area contributed by atoms with Crippen molar-refractivity contribution in [3.05, 3.63) is 71.8 Å². The molecule has 3 N–H and O–H groups in total. The van der Waals surface area contributed by atoms with Crippen LogP contribution in [0.2, 0.25) is 0 Å². The van der Waals surface area contributed by atoms with Gasteiger partial charge in [0.05, 0.1) is 0 Å². The average molecular weight is 382 g/mol. The predicted octanol–water partition coefficient (Wildman–Crippen LogP) is 4.48. The molecule has 1 unspecified atom stereocenters. The van der Waals surface area contributed by atoms with Crippen LogP contribution in [-0.2, 0) is 4.79 Å². The van der Waals surface area contributed by atoms with Crippen LogP contribution in [-0.4, -0.2) is 17.2 Å². The number of thiocarbonyl (C=S) groups is 1. The van der Waals surface area contributed by atoms with Gasteiger partial charge >= 0.3 is 0 Å². The number of anilines is 1. The maximum atomic E-state index is 12.3. The number of carbonyl (C=O) groups is 1. The fraction of sp³-hybridized carbons (Fsp3) is 0.273. The third kappa shape index (κ3) is 7.62. The molecule has 0 spiro atoms.